The summed E-state index contributed by atoms with van der Waals surface area (Å²) in [5, 5.41) is 6.84. The second-order valence-corrected chi connectivity index (χ2v) is 7.15. The number of likely N-dealkylation sites (tertiary alicyclic amines) is 1. The van der Waals surface area contributed by atoms with E-state index in [0.717, 1.165) is 54.8 Å². The fourth-order valence-corrected chi connectivity index (χ4v) is 3.61. The number of hydrogen-bond donors (Lipinski definition) is 2. The number of aliphatic imine (C=N–C) groups is 1. The highest BCUT2D eigenvalue weighted by atomic mass is 127. The van der Waals surface area contributed by atoms with Gasteiger partial charge in [-0.15, -0.1) is 24.0 Å². The normalized spacial score (nSPS) is 15.6. The quantitative estimate of drug-likeness (QED) is 0.317. The van der Waals surface area contributed by atoms with Gasteiger partial charge in [-0.1, -0.05) is 12.1 Å². The molecule has 2 N–H and O–H groups in total. The van der Waals surface area contributed by atoms with E-state index in [0.29, 0.717) is 6.54 Å². The second kappa shape index (κ2) is 12.1. The third kappa shape index (κ3) is 6.64. The molecule has 29 heavy (non-hydrogen) atoms. The molecule has 0 aliphatic carbocycles. The average Bonchev–Trinajstić information content (AvgIpc) is 3.42. The molecule has 2 heterocycles. The van der Waals surface area contributed by atoms with Gasteiger partial charge < -0.3 is 19.8 Å². The first-order valence-electron chi connectivity index (χ1n) is 10.1. The highest BCUT2D eigenvalue weighted by Gasteiger charge is 2.25. The highest BCUT2D eigenvalue weighted by Crippen LogP contribution is 2.25. The molecule has 3 rings (SSSR count). The number of rotatable bonds is 8. The van der Waals surface area contributed by atoms with E-state index in [2.05, 4.69) is 46.7 Å². The number of nitrogens with zero attached hydrogens (tertiary/aromatic N) is 2. The number of guanidine groups is 1. The molecule has 1 fully saturated rings. The Labute approximate surface area is 191 Å². The summed E-state index contributed by atoms with van der Waals surface area (Å²) in [6.07, 6.45) is 4.25. The molecule has 7 heteroatoms. The zero-order chi connectivity index (χ0) is 19.8. The predicted molar refractivity (Wildman–Crippen MR) is 128 cm³/mol. The molecule has 1 atom stereocenters. The van der Waals surface area contributed by atoms with E-state index in [9.17, 15) is 0 Å². The van der Waals surface area contributed by atoms with Gasteiger partial charge in [0.2, 0.25) is 0 Å². The van der Waals surface area contributed by atoms with Gasteiger partial charge >= 0.3 is 0 Å². The lowest BCUT2D eigenvalue weighted by Crippen LogP contribution is -2.42. The van der Waals surface area contributed by atoms with Crippen molar-refractivity contribution < 1.29 is 9.15 Å². The van der Waals surface area contributed by atoms with Crippen LogP contribution in [0.25, 0.3) is 0 Å². The molecule has 1 aromatic carbocycles. The van der Waals surface area contributed by atoms with E-state index < -0.39 is 0 Å². The minimum absolute atomic E-state index is 0. The molecule has 1 aliphatic heterocycles. The fourth-order valence-electron chi connectivity index (χ4n) is 3.61. The summed E-state index contributed by atoms with van der Waals surface area (Å²) >= 11 is 0. The minimum Gasteiger partial charge on any atom is -0.496 e. The molecule has 160 valence electrons. The van der Waals surface area contributed by atoms with Crippen LogP contribution in [0.1, 0.15) is 42.7 Å². The summed E-state index contributed by atoms with van der Waals surface area (Å²) in [5.74, 6) is 2.73. The lowest BCUT2D eigenvalue weighted by Gasteiger charge is -2.26. The Hall–Kier alpha value is -1.74. The summed E-state index contributed by atoms with van der Waals surface area (Å²) in [4.78, 5) is 7.24. The van der Waals surface area contributed by atoms with Crippen molar-refractivity contribution in [1.82, 2.24) is 15.5 Å². The van der Waals surface area contributed by atoms with Crippen molar-refractivity contribution in [3.05, 3.63) is 53.5 Å². The fraction of sp³-hybridized carbons (Fsp3) is 0.500. The Morgan fingerprint density at radius 3 is 2.69 bits per heavy atom. The van der Waals surface area contributed by atoms with Crippen LogP contribution in [0.5, 0.6) is 5.75 Å². The molecule has 0 saturated carbocycles. The summed E-state index contributed by atoms with van der Waals surface area (Å²) in [6, 6.07) is 10.5. The van der Waals surface area contributed by atoms with Crippen LogP contribution in [0, 0.1) is 6.92 Å². The lowest BCUT2D eigenvalue weighted by atomic mass is 10.1. The van der Waals surface area contributed by atoms with Crippen LogP contribution >= 0.6 is 24.0 Å². The molecule has 0 spiro atoms. The van der Waals surface area contributed by atoms with Crippen molar-refractivity contribution in [1.29, 1.82) is 0 Å². The van der Waals surface area contributed by atoms with Gasteiger partial charge in [-0.05, 0) is 69.1 Å². The van der Waals surface area contributed by atoms with E-state index >= 15 is 0 Å². The van der Waals surface area contributed by atoms with Crippen LogP contribution in [-0.2, 0) is 6.54 Å². The first kappa shape index (κ1) is 23.5. The van der Waals surface area contributed by atoms with Gasteiger partial charge in [-0.2, -0.15) is 0 Å². The molecule has 2 aromatic rings. The van der Waals surface area contributed by atoms with Crippen molar-refractivity contribution in [3.8, 4) is 5.75 Å². The van der Waals surface area contributed by atoms with Crippen LogP contribution in [0.2, 0.25) is 0 Å². The standard InChI is InChI=1S/C22H32N4O2.HI/c1-4-23-22(24-15-18-10-9-17(2)21(14-18)27-3)25-16-19(20-8-7-13-28-20)26-11-5-6-12-26;/h7-10,13-14,19H,4-6,11-12,15-16H2,1-3H3,(H2,23,24,25);1H. The van der Waals surface area contributed by atoms with Crippen molar-refractivity contribution in [3.63, 3.8) is 0 Å². The molecule has 6 nitrogen and oxygen atoms in total. The maximum absolute atomic E-state index is 5.71. The zero-order valence-electron chi connectivity index (χ0n) is 17.6. The summed E-state index contributed by atoms with van der Waals surface area (Å²) in [5.41, 5.74) is 2.26. The van der Waals surface area contributed by atoms with E-state index in [1.165, 1.54) is 12.8 Å². The van der Waals surface area contributed by atoms with Crippen LogP contribution in [0.4, 0.5) is 0 Å². The molecule has 0 bridgehead atoms. The van der Waals surface area contributed by atoms with Gasteiger partial charge in [0.15, 0.2) is 5.96 Å². The van der Waals surface area contributed by atoms with Crippen LogP contribution in [0.3, 0.4) is 0 Å². The molecular weight excluding hydrogens is 479 g/mol. The molecule has 1 aromatic heterocycles. The Bertz CT molecular complexity index is 758. The molecular formula is C22H33IN4O2. The summed E-state index contributed by atoms with van der Waals surface area (Å²) < 4.78 is 11.1. The van der Waals surface area contributed by atoms with Crippen molar-refractivity contribution in [2.75, 3.05) is 33.3 Å². The number of aryl methyl sites for hydroxylation is 1. The third-order valence-electron chi connectivity index (χ3n) is 5.15. The minimum atomic E-state index is 0. The maximum atomic E-state index is 5.71. The number of hydrogen-bond acceptors (Lipinski definition) is 4. The van der Waals surface area contributed by atoms with Crippen LogP contribution in [-0.4, -0.2) is 44.1 Å². The topological polar surface area (TPSA) is 62.0 Å². The van der Waals surface area contributed by atoms with Gasteiger partial charge in [-0.3, -0.25) is 4.90 Å². The molecule has 0 amide bonds. The van der Waals surface area contributed by atoms with Gasteiger partial charge in [-0.25, -0.2) is 4.99 Å². The number of benzene rings is 1. The number of halogens is 1. The Balaban J connectivity index is 0.00000300. The SMILES string of the molecule is CCNC(=NCc1ccc(C)c(OC)c1)NCC(c1ccco1)N1CCCC1.I. The number of furan rings is 1. The van der Waals surface area contributed by atoms with Crippen LogP contribution < -0.4 is 15.4 Å². The maximum Gasteiger partial charge on any atom is 0.191 e. The predicted octanol–water partition coefficient (Wildman–Crippen LogP) is 4.11. The van der Waals surface area contributed by atoms with E-state index in [1.54, 1.807) is 13.4 Å². The number of nitrogens with one attached hydrogen (secondary N) is 2. The van der Waals surface area contributed by atoms with E-state index in [-0.39, 0.29) is 30.0 Å². The Morgan fingerprint density at radius 2 is 2.03 bits per heavy atom. The van der Waals surface area contributed by atoms with Crippen molar-refractivity contribution >= 4 is 29.9 Å². The highest BCUT2D eigenvalue weighted by molar-refractivity contribution is 14.0. The third-order valence-corrected chi connectivity index (χ3v) is 5.15. The van der Waals surface area contributed by atoms with Gasteiger partial charge in [0.05, 0.1) is 26.0 Å². The molecule has 0 radical (unpaired) electrons. The molecule has 1 aliphatic rings. The van der Waals surface area contributed by atoms with Crippen molar-refractivity contribution in [2.24, 2.45) is 4.99 Å². The van der Waals surface area contributed by atoms with Gasteiger partial charge in [0.1, 0.15) is 11.5 Å². The monoisotopic (exact) mass is 512 g/mol. The summed E-state index contributed by atoms with van der Waals surface area (Å²) in [6.45, 7) is 8.53. The zero-order valence-corrected chi connectivity index (χ0v) is 19.9. The smallest absolute Gasteiger partial charge is 0.191 e. The first-order chi connectivity index (χ1) is 13.7. The van der Waals surface area contributed by atoms with Gasteiger partial charge in [0.25, 0.3) is 0 Å². The second-order valence-electron chi connectivity index (χ2n) is 7.15. The van der Waals surface area contributed by atoms with Gasteiger partial charge in [0, 0.05) is 13.1 Å². The molecule has 1 unspecified atom stereocenters. The number of ether oxygens (including phenoxy) is 1. The largest absolute Gasteiger partial charge is 0.496 e. The van der Waals surface area contributed by atoms with E-state index in [4.69, 9.17) is 14.1 Å². The summed E-state index contributed by atoms with van der Waals surface area (Å²) in [7, 11) is 1.70. The Morgan fingerprint density at radius 1 is 1.24 bits per heavy atom. The average molecular weight is 512 g/mol. The van der Waals surface area contributed by atoms with E-state index in [1.807, 2.05) is 13.0 Å². The number of methoxy groups -OCH3 is 1. The van der Waals surface area contributed by atoms with Crippen LogP contribution in [0.15, 0.2) is 46.0 Å². The lowest BCUT2D eigenvalue weighted by molar-refractivity contribution is 0.215. The van der Waals surface area contributed by atoms with Crippen molar-refractivity contribution in [2.45, 2.75) is 39.3 Å². The molecule has 1 saturated heterocycles. The Kier molecular flexibility index (Phi) is 9.80. The first-order valence-corrected chi connectivity index (χ1v) is 10.1.